The van der Waals surface area contributed by atoms with E-state index in [0.717, 1.165) is 0 Å². The van der Waals surface area contributed by atoms with Crippen molar-refractivity contribution in [2.24, 2.45) is 0 Å². The van der Waals surface area contributed by atoms with Gasteiger partial charge in [-0.1, -0.05) is 0 Å². The van der Waals surface area contributed by atoms with Gasteiger partial charge in [0.15, 0.2) is 0 Å². The van der Waals surface area contributed by atoms with E-state index < -0.39 is 43.2 Å². The molecule has 0 aromatic heterocycles. The third-order valence-electron chi connectivity index (χ3n) is 4.58. The quantitative estimate of drug-likeness (QED) is 0.180. The average Bonchev–Trinajstić information content (AvgIpc) is 2.77. The minimum atomic E-state index is -1.24. The summed E-state index contributed by atoms with van der Waals surface area (Å²) in [4.78, 5) is 39.7. The lowest BCUT2D eigenvalue weighted by atomic mass is 10.1. The molecule has 0 aliphatic heterocycles. The largest absolute Gasteiger partial charge is 0.478 e. The van der Waals surface area contributed by atoms with E-state index in [9.17, 15) is 29.7 Å². The number of hydrogen-bond donors (Lipinski definition) is 6. The maximum Gasteiger partial charge on any atom is 0.338 e. The fourth-order valence-electron chi connectivity index (χ4n) is 2.89. The van der Waals surface area contributed by atoms with Crippen LogP contribution in [0.1, 0.15) is 37.0 Å². The van der Waals surface area contributed by atoms with E-state index in [-0.39, 0.29) is 42.9 Å². The Balaban J connectivity index is 0.00000365. The summed E-state index contributed by atoms with van der Waals surface area (Å²) < 4.78 is 1.03. The molecule has 0 aliphatic rings. The minimum Gasteiger partial charge on any atom is -0.478 e. The van der Waals surface area contributed by atoms with Crippen LogP contribution in [0.5, 0.6) is 0 Å². The van der Waals surface area contributed by atoms with Crippen LogP contribution in [0.2, 0.25) is 0 Å². The zero-order valence-corrected chi connectivity index (χ0v) is 26.4. The zero-order chi connectivity index (χ0) is 27.5. The Hall–Kier alpha value is -0.380. The van der Waals surface area contributed by atoms with E-state index in [0.29, 0.717) is 10.7 Å². The van der Waals surface area contributed by atoms with Crippen molar-refractivity contribution in [3.63, 3.8) is 0 Å². The summed E-state index contributed by atoms with van der Waals surface area (Å²) in [6.07, 6.45) is -1.98. The van der Waals surface area contributed by atoms with Crippen LogP contribution in [0.15, 0.2) is 0 Å². The fraction of sp³-hybridized carbons (Fsp3) is 0.571. The standard InChI is InChI=1S/C19H25I3N2O8.C2H7N/c1-9(27)23(5-3-11(29)7-25)17-14(20)13(19(31)32)15(21)18(16(17)22)24(10(2)28)6-4-12(30)8-26;1-3-2/h11-12,25-26,29-30H,3-8H2,1-2H3,(H,31,32);3H,1-2H3. The second-order valence-corrected chi connectivity index (χ2v) is 10.6. The number of carboxylic acids is 1. The summed E-state index contributed by atoms with van der Waals surface area (Å²) >= 11 is 5.64. The molecule has 1 aromatic carbocycles. The average molecular weight is 835 g/mol. The Kier molecular flexibility index (Phi) is 17.0. The van der Waals surface area contributed by atoms with Crippen molar-refractivity contribution in [2.75, 3.05) is 50.2 Å². The van der Waals surface area contributed by atoms with Gasteiger partial charge in [-0.15, -0.1) is 0 Å². The molecule has 0 saturated heterocycles. The lowest BCUT2D eigenvalue weighted by molar-refractivity contribution is -0.117. The molecular formula is C21H32I3N3O8. The number of nitrogens with one attached hydrogen (secondary N) is 1. The van der Waals surface area contributed by atoms with Gasteiger partial charge in [0.2, 0.25) is 11.8 Å². The van der Waals surface area contributed by atoms with Crippen LogP contribution in [0.4, 0.5) is 11.4 Å². The van der Waals surface area contributed by atoms with Gasteiger partial charge in [0.05, 0.1) is 53.1 Å². The predicted molar refractivity (Wildman–Crippen MR) is 158 cm³/mol. The Labute approximate surface area is 245 Å². The molecule has 14 heteroatoms. The maximum atomic E-state index is 12.5. The van der Waals surface area contributed by atoms with Gasteiger partial charge < -0.3 is 40.6 Å². The van der Waals surface area contributed by atoms with E-state index in [1.165, 1.54) is 23.6 Å². The molecule has 6 N–H and O–H groups in total. The Morgan fingerprint density at radius 3 is 1.34 bits per heavy atom. The summed E-state index contributed by atoms with van der Waals surface area (Å²) in [6, 6.07) is 0. The number of benzene rings is 1. The van der Waals surface area contributed by atoms with Crippen LogP contribution in [0.25, 0.3) is 0 Å². The number of hydrogen-bond acceptors (Lipinski definition) is 8. The van der Waals surface area contributed by atoms with Gasteiger partial charge >= 0.3 is 5.97 Å². The monoisotopic (exact) mass is 835 g/mol. The summed E-state index contributed by atoms with van der Waals surface area (Å²) in [6.45, 7) is 1.68. The van der Waals surface area contributed by atoms with Crippen molar-refractivity contribution in [3.8, 4) is 0 Å². The number of amides is 2. The fourth-order valence-corrected chi connectivity index (χ4v) is 7.68. The zero-order valence-electron chi connectivity index (χ0n) is 19.9. The molecule has 200 valence electrons. The molecule has 0 fully saturated rings. The molecule has 0 bridgehead atoms. The first-order valence-corrected chi connectivity index (χ1v) is 13.7. The molecule has 0 heterocycles. The van der Waals surface area contributed by atoms with E-state index in [1.54, 1.807) is 0 Å². The number of carbonyl (C=O) groups excluding carboxylic acids is 2. The number of halogens is 3. The molecule has 0 radical (unpaired) electrons. The second kappa shape index (κ2) is 17.2. The van der Waals surface area contributed by atoms with Gasteiger partial charge in [-0.2, -0.15) is 0 Å². The van der Waals surface area contributed by atoms with Crippen molar-refractivity contribution in [1.29, 1.82) is 0 Å². The molecule has 1 rings (SSSR count). The number of carboxylic acid groups (broad SMARTS) is 1. The number of aromatic carboxylic acids is 1. The summed E-state index contributed by atoms with van der Waals surface area (Å²) in [5.41, 5.74) is 0.482. The molecule has 11 nitrogen and oxygen atoms in total. The van der Waals surface area contributed by atoms with Gasteiger partial charge in [-0.3, -0.25) is 9.59 Å². The van der Waals surface area contributed by atoms with Crippen molar-refractivity contribution in [1.82, 2.24) is 5.32 Å². The number of anilines is 2. The normalized spacial score (nSPS) is 12.3. The highest BCUT2D eigenvalue weighted by molar-refractivity contribution is 14.1. The van der Waals surface area contributed by atoms with Gasteiger partial charge in [0.25, 0.3) is 0 Å². The number of carbonyl (C=O) groups is 3. The number of aliphatic hydroxyl groups is 4. The molecule has 2 unspecified atom stereocenters. The van der Waals surface area contributed by atoms with Crippen LogP contribution >= 0.6 is 67.8 Å². The lowest BCUT2D eigenvalue weighted by Crippen LogP contribution is -2.37. The smallest absolute Gasteiger partial charge is 0.338 e. The molecule has 2 amide bonds. The number of aliphatic hydroxyl groups excluding tert-OH is 4. The van der Waals surface area contributed by atoms with Gasteiger partial charge in [0, 0.05) is 26.9 Å². The summed E-state index contributed by atoms with van der Waals surface area (Å²) in [7, 11) is 3.75. The third-order valence-corrected chi connectivity index (χ3v) is 7.70. The number of rotatable bonds is 11. The summed E-state index contributed by atoms with van der Waals surface area (Å²) in [5, 5.41) is 50.3. The van der Waals surface area contributed by atoms with Crippen molar-refractivity contribution in [2.45, 2.75) is 38.9 Å². The molecule has 0 spiro atoms. The Morgan fingerprint density at radius 1 is 0.800 bits per heavy atom. The van der Waals surface area contributed by atoms with Gasteiger partial charge in [-0.05, 0) is 94.7 Å². The van der Waals surface area contributed by atoms with Gasteiger partial charge in [-0.25, -0.2) is 4.79 Å². The Morgan fingerprint density at radius 2 is 1.11 bits per heavy atom. The molecule has 2 atom stereocenters. The van der Waals surface area contributed by atoms with Crippen LogP contribution in [0.3, 0.4) is 0 Å². The first-order valence-electron chi connectivity index (χ1n) is 10.5. The molecule has 0 saturated carbocycles. The first-order chi connectivity index (χ1) is 16.3. The predicted octanol–water partition coefficient (Wildman–Crippen LogP) is 1.23. The number of nitrogens with zero attached hydrogens (tertiary/aromatic N) is 2. The van der Waals surface area contributed by atoms with Crippen LogP contribution < -0.4 is 15.1 Å². The maximum absolute atomic E-state index is 12.5. The van der Waals surface area contributed by atoms with Crippen LogP contribution in [-0.2, 0) is 9.59 Å². The lowest BCUT2D eigenvalue weighted by Gasteiger charge is -2.31. The highest BCUT2D eigenvalue weighted by Gasteiger charge is 2.32. The topological polar surface area (TPSA) is 171 Å². The van der Waals surface area contributed by atoms with E-state index in [1.807, 2.05) is 81.9 Å². The Bertz CT molecular complexity index is 829. The first kappa shape index (κ1) is 34.6. The van der Waals surface area contributed by atoms with Crippen molar-refractivity contribution >= 4 is 96.9 Å². The SMILES string of the molecule is CC(=O)N(CCC(O)CO)c1c(I)c(C(=O)O)c(I)c(N(CCC(O)CO)C(C)=O)c1I.CNC. The highest BCUT2D eigenvalue weighted by atomic mass is 127. The minimum absolute atomic E-state index is 0.0193. The van der Waals surface area contributed by atoms with Crippen molar-refractivity contribution < 1.29 is 39.9 Å². The third kappa shape index (κ3) is 10.1. The molecular weight excluding hydrogens is 803 g/mol. The van der Waals surface area contributed by atoms with Crippen LogP contribution in [0, 0.1) is 10.7 Å². The molecule has 35 heavy (non-hydrogen) atoms. The summed E-state index contributed by atoms with van der Waals surface area (Å²) in [5.74, 6) is -2.05. The van der Waals surface area contributed by atoms with Crippen molar-refractivity contribution in [3.05, 3.63) is 16.3 Å². The van der Waals surface area contributed by atoms with Crippen LogP contribution in [-0.4, -0.2) is 95.9 Å². The van der Waals surface area contributed by atoms with Gasteiger partial charge in [0.1, 0.15) is 0 Å². The van der Waals surface area contributed by atoms with E-state index >= 15 is 0 Å². The highest BCUT2D eigenvalue weighted by Crippen LogP contribution is 2.42. The van der Waals surface area contributed by atoms with E-state index in [4.69, 9.17) is 10.2 Å². The molecule has 1 aromatic rings. The molecule has 0 aliphatic carbocycles. The van der Waals surface area contributed by atoms with E-state index in [2.05, 4.69) is 5.32 Å². The second-order valence-electron chi connectivity index (χ2n) is 7.41.